The Balaban J connectivity index is 1.29. The van der Waals surface area contributed by atoms with E-state index < -0.39 is 0 Å². The van der Waals surface area contributed by atoms with Crippen molar-refractivity contribution >= 4 is 43.6 Å². The summed E-state index contributed by atoms with van der Waals surface area (Å²) in [6, 6.07) is 65.5. The van der Waals surface area contributed by atoms with Crippen LogP contribution in [0.25, 0.3) is 88.4 Å². The molecule has 0 saturated heterocycles. The van der Waals surface area contributed by atoms with Gasteiger partial charge in [0, 0.05) is 27.1 Å². The smallest absolute Gasteiger partial charge is 0.101 e. The maximum Gasteiger partial charge on any atom is 0.101 e. The Bertz CT molecular complexity index is 3480. The van der Waals surface area contributed by atoms with Gasteiger partial charge in [-0.3, -0.25) is 0 Å². The molecule has 2 aromatic heterocycles. The highest BCUT2D eigenvalue weighted by molar-refractivity contribution is 6.12. The number of rotatable bonds is 5. The molecule has 8 aromatic carbocycles. The molecule has 0 spiro atoms. The van der Waals surface area contributed by atoms with Crippen LogP contribution >= 0.6 is 0 Å². The Morgan fingerprint density at radius 3 is 1.31 bits per heavy atom. The maximum absolute atomic E-state index is 11.1. The van der Waals surface area contributed by atoms with Crippen molar-refractivity contribution in [2.45, 2.75) is 0 Å². The van der Waals surface area contributed by atoms with Gasteiger partial charge in [-0.2, -0.15) is 21.0 Å². The van der Waals surface area contributed by atoms with E-state index in [1.165, 1.54) is 0 Å². The predicted molar refractivity (Wildman–Crippen MR) is 230 cm³/mol. The number of fused-ring (bicyclic) bond motifs is 6. The van der Waals surface area contributed by atoms with Crippen molar-refractivity contribution in [3.8, 4) is 69.0 Å². The van der Waals surface area contributed by atoms with Crippen molar-refractivity contribution < 1.29 is 0 Å². The van der Waals surface area contributed by atoms with Gasteiger partial charge in [0.25, 0.3) is 0 Å². The van der Waals surface area contributed by atoms with E-state index in [1.54, 1.807) is 6.07 Å². The first-order valence-corrected chi connectivity index (χ1v) is 18.7. The molecular weight excluding hydrogens is 709 g/mol. The fourth-order valence-electron chi connectivity index (χ4n) is 8.32. The highest BCUT2D eigenvalue weighted by Crippen LogP contribution is 2.42. The van der Waals surface area contributed by atoms with Gasteiger partial charge in [0.15, 0.2) is 0 Å². The molecule has 0 bridgehead atoms. The Morgan fingerprint density at radius 1 is 0.310 bits per heavy atom. The summed E-state index contributed by atoms with van der Waals surface area (Å²) in [5.74, 6) is 0. The number of aromatic nitrogens is 2. The van der Waals surface area contributed by atoms with Crippen LogP contribution in [-0.4, -0.2) is 9.13 Å². The summed E-state index contributed by atoms with van der Waals surface area (Å²) in [6.07, 6.45) is 0. The van der Waals surface area contributed by atoms with Gasteiger partial charge in [0.1, 0.15) is 6.07 Å². The standard InChI is InChI=1S/C52H28N6/c53-29-33-12-16-36(17-13-33)38-20-22-44-42-8-1-3-10-47(42)57(50(44)25-38)49-28-46(40-7-5-6-35(24-40)31-55)52(27-41(49)32-56)58-48-11-4-2-9-43(48)45-23-21-39(26-51(45)58)37-18-14-34(30-54)15-19-37/h1-28H. The second-order valence-electron chi connectivity index (χ2n) is 14.2. The minimum absolute atomic E-state index is 0.482. The molecule has 0 unspecified atom stereocenters. The zero-order chi connectivity index (χ0) is 39.3. The number of nitriles is 4. The molecule has 0 saturated carbocycles. The van der Waals surface area contributed by atoms with Crippen LogP contribution in [0.1, 0.15) is 22.3 Å². The fourth-order valence-corrected chi connectivity index (χ4v) is 8.32. The first-order chi connectivity index (χ1) is 28.6. The van der Waals surface area contributed by atoms with E-state index in [2.05, 4.69) is 100 Å². The largest absolute Gasteiger partial charge is 0.309 e. The molecule has 0 aliphatic carbocycles. The lowest BCUT2D eigenvalue weighted by molar-refractivity contribution is 1.14. The summed E-state index contributed by atoms with van der Waals surface area (Å²) in [5.41, 5.74) is 13.2. The summed E-state index contributed by atoms with van der Waals surface area (Å²) < 4.78 is 4.40. The summed E-state index contributed by atoms with van der Waals surface area (Å²) >= 11 is 0. The lowest BCUT2D eigenvalue weighted by Gasteiger charge is -2.19. The quantitative estimate of drug-likeness (QED) is 0.175. The monoisotopic (exact) mass is 736 g/mol. The molecule has 6 nitrogen and oxygen atoms in total. The van der Waals surface area contributed by atoms with Crippen LogP contribution in [0.15, 0.2) is 170 Å². The van der Waals surface area contributed by atoms with Crippen LogP contribution in [0.4, 0.5) is 0 Å². The van der Waals surface area contributed by atoms with E-state index in [1.807, 2.05) is 97.1 Å². The van der Waals surface area contributed by atoms with E-state index in [-0.39, 0.29) is 0 Å². The van der Waals surface area contributed by atoms with E-state index in [0.717, 1.165) is 82.7 Å². The summed E-state index contributed by atoms with van der Waals surface area (Å²) in [5, 5.41) is 44.3. The van der Waals surface area contributed by atoms with Crippen LogP contribution < -0.4 is 0 Å². The first kappa shape index (κ1) is 33.9. The normalized spacial score (nSPS) is 11.0. The van der Waals surface area contributed by atoms with E-state index in [4.69, 9.17) is 0 Å². The van der Waals surface area contributed by atoms with Crippen LogP contribution in [0.5, 0.6) is 0 Å². The molecule has 10 aromatic rings. The first-order valence-electron chi connectivity index (χ1n) is 18.7. The highest BCUT2D eigenvalue weighted by atomic mass is 15.0. The van der Waals surface area contributed by atoms with Crippen molar-refractivity contribution in [2.75, 3.05) is 0 Å². The number of benzene rings is 8. The summed E-state index contributed by atoms with van der Waals surface area (Å²) in [4.78, 5) is 0. The third kappa shape index (κ3) is 5.38. The van der Waals surface area contributed by atoms with Crippen LogP contribution in [0, 0.1) is 45.3 Å². The SMILES string of the molecule is N#Cc1ccc(-c2ccc3c4ccccc4n(-c4cc(-c5cccc(C#N)c5)c(-n5c6ccccc6c6ccc(-c7ccc(C#N)cc7)cc65)cc4C#N)c3c2)cc1. The molecule has 0 N–H and O–H groups in total. The van der Waals surface area contributed by atoms with E-state index in [0.29, 0.717) is 27.9 Å². The number of hydrogen-bond acceptors (Lipinski definition) is 4. The average molecular weight is 737 g/mol. The number of hydrogen-bond donors (Lipinski definition) is 0. The molecule has 58 heavy (non-hydrogen) atoms. The second-order valence-corrected chi connectivity index (χ2v) is 14.2. The number of para-hydroxylation sites is 2. The average Bonchev–Trinajstić information content (AvgIpc) is 3.80. The van der Waals surface area contributed by atoms with E-state index in [9.17, 15) is 21.0 Å². The van der Waals surface area contributed by atoms with Gasteiger partial charge < -0.3 is 9.13 Å². The summed E-state index contributed by atoms with van der Waals surface area (Å²) in [6.45, 7) is 0. The lowest BCUT2D eigenvalue weighted by Crippen LogP contribution is -2.04. The van der Waals surface area contributed by atoms with Gasteiger partial charge in [-0.05, 0) is 101 Å². The van der Waals surface area contributed by atoms with Crippen LogP contribution in [-0.2, 0) is 0 Å². The second kappa shape index (κ2) is 13.6. The minimum Gasteiger partial charge on any atom is -0.309 e. The van der Waals surface area contributed by atoms with Gasteiger partial charge in [-0.1, -0.05) is 97.1 Å². The van der Waals surface area contributed by atoms with E-state index >= 15 is 0 Å². The third-order valence-corrected chi connectivity index (χ3v) is 11.1. The topological polar surface area (TPSA) is 105 Å². The molecule has 0 aliphatic heterocycles. The Morgan fingerprint density at radius 2 is 0.793 bits per heavy atom. The fraction of sp³-hybridized carbons (Fsp3) is 0. The maximum atomic E-state index is 11.1. The van der Waals surface area contributed by atoms with Crippen LogP contribution in [0.2, 0.25) is 0 Å². The van der Waals surface area contributed by atoms with Crippen LogP contribution in [0.3, 0.4) is 0 Å². The van der Waals surface area contributed by atoms with Gasteiger partial charge in [-0.15, -0.1) is 0 Å². The molecule has 0 amide bonds. The molecule has 10 rings (SSSR count). The molecule has 2 heterocycles. The molecule has 0 atom stereocenters. The molecule has 0 fully saturated rings. The molecule has 0 radical (unpaired) electrons. The van der Waals surface area contributed by atoms with Crippen molar-refractivity contribution in [3.63, 3.8) is 0 Å². The Kier molecular flexibility index (Phi) is 7.92. The lowest BCUT2D eigenvalue weighted by atomic mass is 9.97. The predicted octanol–water partition coefficient (Wildman–Crippen LogP) is 12.4. The van der Waals surface area contributed by atoms with Gasteiger partial charge in [-0.25, -0.2) is 0 Å². The third-order valence-electron chi connectivity index (χ3n) is 11.1. The molecule has 0 aliphatic rings. The molecule has 6 heteroatoms. The zero-order valence-corrected chi connectivity index (χ0v) is 30.8. The van der Waals surface area contributed by atoms with Gasteiger partial charge in [0.2, 0.25) is 0 Å². The molecular formula is C52H28N6. The minimum atomic E-state index is 0.482. The Hall–Kier alpha value is -8.68. The van der Waals surface area contributed by atoms with Crippen molar-refractivity contribution in [1.82, 2.24) is 9.13 Å². The zero-order valence-electron chi connectivity index (χ0n) is 30.8. The Labute approximate surface area is 333 Å². The molecule has 266 valence electrons. The highest BCUT2D eigenvalue weighted by Gasteiger charge is 2.22. The van der Waals surface area contributed by atoms with Crippen molar-refractivity contribution in [2.24, 2.45) is 0 Å². The van der Waals surface area contributed by atoms with Crippen molar-refractivity contribution in [1.29, 1.82) is 21.0 Å². The summed E-state index contributed by atoms with van der Waals surface area (Å²) in [7, 11) is 0. The van der Waals surface area contributed by atoms with Crippen molar-refractivity contribution in [3.05, 3.63) is 192 Å². The van der Waals surface area contributed by atoms with Gasteiger partial charge >= 0.3 is 0 Å². The van der Waals surface area contributed by atoms with Gasteiger partial charge in [0.05, 0.1) is 73.9 Å². The number of nitrogens with zero attached hydrogens (tertiary/aromatic N) is 6.